The van der Waals surface area contributed by atoms with Crippen LogP contribution in [0.3, 0.4) is 0 Å². The van der Waals surface area contributed by atoms with Crippen LogP contribution in [0.15, 0.2) is 43.0 Å². The number of rotatable bonds is 10. The summed E-state index contributed by atoms with van der Waals surface area (Å²) in [4.78, 5) is 11.5. The molecule has 0 saturated carbocycles. The van der Waals surface area contributed by atoms with Crippen molar-refractivity contribution in [3.05, 3.63) is 48.6 Å². The van der Waals surface area contributed by atoms with Crippen LogP contribution >= 0.6 is 0 Å². The number of hydrogen-bond donors (Lipinski definition) is 0. The summed E-state index contributed by atoms with van der Waals surface area (Å²) in [5.74, 6) is -0.106. The Hall–Kier alpha value is -1.65. The van der Waals surface area contributed by atoms with Crippen LogP contribution in [0.25, 0.3) is 0 Å². The number of methoxy groups -OCH3 is 1. The van der Waals surface area contributed by atoms with Gasteiger partial charge in [0.2, 0.25) is 0 Å². The quantitative estimate of drug-likeness (QED) is 0.287. The average molecular weight is 306 g/mol. The minimum absolute atomic E-state index is 0.0900. The number of hydrogen-bond acceptors (Lipinski definition) is 4. The Balaban J connectivity index is 2.45. The molecule has 0 aliphatic carbocycles. The fourth-order valence-electron chi connectivity index (χ4n) is 2.28. The van der Waals surface area contributed by atoms with Crippen molar-refractivity contribution in [1.82, 2.24) is 0 Å². The molecule has 0 aliphatic heterocycles. The van der Waals surface area contributed by atoms with Crippen LogP contribution < -0.4 is 0 Å². The Kier molecular flexibility index (Phi) is 8.48. The minimum atomic E-state index is -0.260. The molecule has 0 spiro atoms. The monoisotopic (exact) mass is 306 g/mol. The first-order valence-corrected chi connectivity index (χ1v) is 7.51. The molecule has 0 N–H and O–H groups in total. The summed E-state index contributed by atoms with van der Waals surface area (Å²) >= 11 is 0. The van der Waals surface area contributed by atoms with Crippen molar-refractivity contribution in [1.29, 1.82) is 0 Å². The maximum absolute atomic E-state index is 11.5. The van der Waals surface area contributed by atoms with Gasteiger partial charge in [0.1, 0.15) is 6.79 Å². The first-order valence-electron chi connectivity index (χ1n) is 7.51. The molecule has 0 aromatic heterocycles. The van der Waals surface area contributed by atoms with Gasteiger partial charge in [-0.2, -0.15) is 0 Å². The van der Waals surface area contributed by atoms with Gasteiger partial charge in [-0.1, -0.05) is 50.3 Å². The van der Waals surface area contributed by atoms with Crippen molar-refractivity contribution in [2.75, 3.05) is 13.9 Å². The van der Waals surface area contributed by atoms with Crippen LogP contribution in [0.2, 0.25) is 0 Å². The summed E-state index contributed by atoms with van der Waals surface area (Å²) < 4.78 is 16.1. The van der Waals surface area contributed by atoms with Crippen molar-refractivity contribution in [2.24, 2.45) is 11.8 Å². The lowest BCUT2D eigenvalue weighted by molar-refractivity contribution is -0.147. The van der Waals surface area contributed by atoms with Crippen LogP contribution in [0.4, 0.5) is 0 Å². The fraction of sp³-hybridized carbons (Fsp3) is 0.500. The second-order valence-electron chi connectivity index (χ2n) is 5.51. The summed E-state index contributed by atoms with van der Waals surface area (Å²) in [7, 11) is 1.39. The molecule has 0 bridgehead atoms. The lowest BCUT2D eigenvalue weighted by atomic mass is 9.90. The van der Waals surface area contributed by atoms with Crippen molar-refractivity contribution in [2.45, 2.75) is 33.0 Å². The van der Waals surface area contributed by atoms with Crippen molar-refractivity contribution in [3.63, 3.8) is 0 Å². The smallest absolute Gasteiger partial charge is 0.306 e. The second-order valence-corrected chi connectivity index (χ2v) is 5.51. The van der Waals surface area contributed by atoms with Gasteiger partial charge in [-0.05, 0) is 11.5 Å². The van der Waals surface area contributed by atoms with E-state index in [1.165, 1.54) is 7.11 Å². The molecule has 2 unspecified atom stereocenters. The van der Waals surface area contributed by atoms with Crippen molar-refractivity contribution < 1.29 is 19.0 Å². The first-order chi connectivity index (χ1) is 10.6. The van der Waals surface area contributed by atoms with Gasteiger partial charge < -0.3 is 14.2 Å². The summed E-state index contributed by atoms with van der Waals surface area (Å²) in [6.07, 6.45) is 1.88. The number of ether oxygens (including phenoxy) is 3. The third-order valence-corrected chi connectivity index (χ3v) is 3.47. The van der Waals surface area contributed by atoms with Crippen LogP contribution in [-0.4, -0.2) is 26.0 Å². The molecule has 0 aliphatic rings. The topological polar surface area (TPSA) is 44.8 Å². The van der Waals surface area contributed by atoms with Gasteiger partial charge in [-0.3, -0.25) is 4.79 Å². The van der Waals surface area contributed by atoms with Gasteiger partial charge in [-0.25, -0.2) is 0 Å². The van der Waals surface area contributed by atoms with Gasteiger partial charge in [0.25, 0.3) is 0 Å². The molecular weight excluding hydrogens is 280 g/mol. The zero-order chi connectivity index (χ0) is 16.4. The molecule has 4 nitrogen and oxygen atoms in total. The lowest BCUT2D eigenvalue weighted by Crippen LogP contribution is -2.31. The number of carbonyl (C=O) groups excluding carboxylic acids is 1. The molecule has 0 amide bonds. The highest BCUT2D eigenvalue weighted by Crippen LogP contribution is 2.22. The van der Waals surface area contributed by atoms with Crippen LogP contribution in [0.1, 0.15) is 25.8 Å². The van der Waals surface area contributed by atoms with Crippen LogP contribution in [0.5, 0.6) is 0 Å². The fourth-order valence-corrected chi connectivity index (χ4v) is 2.28. The van der Waals surface area contributed by atoms with Crippen molar-refractivity contribution >= 4 is 5.97 Å². The molecule has 1 aromatic carbocycles. The van der Waals surface area contributed by atoms with E-state index >= 15 is 0 Å². The van der Waals surface area contributed by atoms with E-state index in [0.29, 0.717) is 6.61 Å². The van der Waals surface area contributed by atoms with E-state index in [9.17, 15) is 4.79 Å². The third kappa shape index (κ3) is 6.41. The van der Waals surface area contributed by atoms with Gasteiger partial charge in [0.15, 0.2) is 0 Å². The SMILES string of the molecule is C=CC(CC(=O)OC)C(OCOCc1ccccc1)C(C)C. The maximum Gasteiger partial charge on any atom is 0.306 e. The summed E-state index contributed by atoms with van der Waals surface area (Å²) in [6.45, 7) is 8.59. The number of carbonyl (C=O) groups is 1. The molecule has 0 heterocycles. The van der Waals surface area contributed by atoms with Gasteiger partial charge in [-0.15, -0.1) is 6.58 Å². The van der Waals surface area contributed by atoms with E-state index in [-0.39, 0.29) is 37.1 Å². The van der Waals surface area contributed by atoms with E-state index in [0.717, 1.165) is 5.56 Å². The minimum Gasteiger partial charge on any atom is -0.469 e. The van der Waals surface area contributed by atoms with E-state index in [4.69, 9.17) is 14.2 Å². The van der Waals surface area contributed by atoms with Crippen LogP contribution in [-0.2, 0) is 25.6 Å². The summed E-state index contributed by atoms with van der Waals surface area (Å²) in [5, 5.41) is 0. The standard InChI is InChI=1S/C18H26O4/c1-5-16(11-17(19)20-4)18(14(2)3)22-13-21-12-15-9-7-6-8-10-15/h5-10,14,16,18H,1,11-13H2,2-4H3. The predicted octanol–water partition coefficient (Wildman–Crippen LogP) is 3.57. The van der Waals surface area contributed by atoms with Gasteiger partial charge in [0, 0.05) is 5.92 Å². The molecule has 122 valence electrons. The van der Waals surface area contributed by atoms with E-state index < -0.39 is 0 Å². The largest absolute Gasteiger partial charge is 0.469 e. The van der Waals surface area contributed by atoms with Gasteiger partial charge >= 0.3 is 5.97 Å². The van der Waals surface area contributed by atoms with E-state index in [1.807, 2.05) is 30.3 Å². The average Bonchev–Trinajstić information content (AvgIpc) is 2.53. The van der Waals surface area contributed by atoms with Crippen molar-refractivity contribution in [3.8, 4) is 0 Å². The van der Waals surface area contributed by atoms with Gasteiger partial charge in [0.05, 0.1) is 26.2 Å². The third-order valence-electron chi connectivity index (χ3n) is 3.47. The Morgan fingerprint density at radius 3 is 2.50 bits per heavy atom. The van der Waals surface area contributed by atoms with E-state index in [1.54, 1.807) is 6.08 Å². The molecule has 0 saturated heterocycles. The summed E-state index contributed by atoms with van der Waals surface area (Å²) in [6, 6.07) is 9.92. The normalized spacial score (nSPS) is 13.6. The van der Waals surface area contributed by atoms with Crippen LogP contribution in [0, 0.1) is 11.8 Å². The molecule has 22 heavy (non-hydrogen) atoms. The zero-order valence-corrected chi connectivity index (χ0v) is 13.7. The Morgan fingerprint density at radius 1 is 1.27 bits per heavy atom. The number of esters is 1. The Labute approximate surface area is 133 Å². The predicted molar refractivity (Wildman–Crippen MR) is 86.1 cm³/mol. The second kappa shape index (κ2) is 10.1. The molecule has 0 radical (unpaired) electrons. The van der Waals surface area contributed by atoms with E-state index in [2.05, 4.69) is 20.4 Å². The molecule has 4 heteroatoms. The molecule has 1 rings (SSSR count). The highest BCUT2D eigenvalue weighted by molar-refractivity contribution is 5.69. The molecule has 2 atom stereocenters. The first kappa shape index (κ1) is 18.4. The Bertz CT molecular complexity index is 442. The highest BCUT2D eigenvalue weighted by atomic mass is 16.7. The molecule has 1 aromatic rings. The maximum atomic E-state index is 11.5. The Morgan fingerprint density at radius 2 is 1.95 bits per heavy atom. The lowest BCUT2D eigenvalue weighted by Gasteiger charge is -2.27. The molecule has 0 fully saturated rings. The highest BCUT2D eigenvalue weighted by Gasteiger charge is 2.25. The summed E-state index contributed by atoms with van der Waals surface area (Å²) in [5.41, 5.74) is 1.10. The number of benzene rings is 1. The zero-order valence-electron chi connectivity index (χ0n) is 13.7. The molecular formula is C18H26O4.